The standard InChI is InChI=1S/C19H32N2/c1-15-10-11-21(16(2)12-15)14-18-8-6-17(7-9-18)13-20-19(3,4)5/h6-9,15-16,20H,10-14H2,1-5H3. The van der Waals surface area contributed by atoms with Gasteiger partial charge in [-0.1, -0.05) is 31.2 Å². The number of hydrogen-bond donors (Lipinski definition) is 1. The van der Waals surface area contributed by atoms with Crippen molar-refractivity contribution in [3.63, 3.8) is 0 Å². The molecule has 0 amide bonds. The maximum Gasteiger partial charge on any atom is 0.0236 e. The van der Waals surface area contributed by atoms with Crippen LogP contribution in [0, 0.1) is 5.92 Å². The molecule has 1 saturated heterocycles. The van der Waals surface area contributed by atoms with Crippen LogP contribution in [0.2, 0.25) is 0 Å². The summed E-state index contributed by atoms with van der Waals surface area (Å²) in [6.45, 7) is 14.7. The molecule has 2 heteroatoms. The first kappa shape index (κ1) is 16.5. The van der Waals surface area contributed by atoms with E-state index in [1.807, 2.05) is 0 Å². The van der Waals surface area contributed by atoms with E-state index in [4.69, 9.17) is 0 Å². The average molecular weight is 288 g/mol. The van der Waals surface area contributed by atoms with Crippen LogP contribution in [0.3, 0.4) is 0 Å². The maximum absolute atomic E-state index is 3.54. The Morgan fingerprint density at radius 2 is 1.71 bits per heavy atom. The van der Waals surface area contributed by atoms with Gasteiger partial charge in [-0.15, -0.1) is 0 Å². The van der Waals surface area contributed by atoms with Crippen LogP contribution in [-0.4, -0.2) is 23.0 Å². The molecule has 1 aliphatic rings. The average Bonchev–Trinajstić information content (AvgIpc) is 2.40. The molecule has 1 aromatic carbocycles. The molecule has 0 bridgehead atoms. The second-order valence-electron chi connectivity index (χ2n) is 7.87. The van der Waals surface area contributed by atoms with Crippen molar-refractivity contribution < 1.29 is 0 Å². The summed E-state index contributed by atoms with van der Waals surface area (Å²) in [6, 6.07) is 9.85. The van der Waals surface area contributed by atoms with Crippen LogP contribution in [0.25, 0.3) is 0 Å². The van der Waals surface area contributed by atoms with Crippen molar-refractivity contribution >= 4 is 0 Å². The molecule has 0 radical (unpaired) electrons. The molecule has 1 N–H and O–H groups in total. The lowest BCUT2D eigenvalue weighted by molar-refractivity contribution is 0.122. The zero-order chi connectivity index (χ0) is 15.5. The summed E-state index contributed by atoms with van der Waals surface area (Å²) >= 11 is 0. The number of rotatable bonds is 4. The van der Waals surface area contributed by atoms with Crippen LogP contribution in [0.15, 0.2) is 24.3 Å². The Hall–Kier alpha value is -0.860. The number of nitrogens with one attached hydrogen (secondary N) is 1. The summed E-state index contributed by atoms with van der Waals surface area (Å²) in [7, 11) is 0. The topological polar surface area (TPSA) is 15.3 Å². The van der Waals surface area contributed by atoms with Crippen molar-refractivity contribution in [3.8, 4) is 0 Å². The Kier molecular flexibility index (Phi) is 5.45. The zero-order valence-electron chi connectivity index (χ0n) is 14.4. The predicted molar refractivity (Wildman–Crippen MR) is 91.3 cm³/mol. The molecule has 0 saturated carbocycles. The molecule has 0 aliphatic carbocycles. The van der Waals surface area contributed by atoms with Crippen LogP contribution in [0.5, 0.6) is 0 Å². The fraction of sp³-hybridized carbons (Fsp3) is 0.684. The van der Waals surface area contributed by atoms with Crippen molar-refractivity contribution in [1.29, 1.82) is 0 Å². The molecule has 2 unspecified atom stereocenters. The number of hydrogen-bond acceptors (Lipinski definition) is 2. The van der Waals surface area contributed by atoms with Crippen molar-refractivity contribution in [1.82, 2.24) is 10.2 Å². The highest BCUT2D eigenvalue weighted by atomic mass is 15.2. The Morgan fingerprint density at radius 3 is 2.29 bits per heavy atom. The van der Waals surface area contributed by atoms with Gasteiger partial charge in [0.2, 0.25) is 0 Å². The van der Waals surface area contributed by atoms with Crippen molar-refractivity contribution in [3.05, 3.63) is 35.4 Å². The molecule has 118 valence electrons. The van der Waals surface area contributed by atoms with Gasteiger partial charge in [-0.05, 0) is 64.1 Å². The summed E-state index contributed by atoms with van der Waals surface area (Å²) in [4.78, 5) is 2.63. The summed E-state index contributed by atoms with van der Waals surface area (Å²) in [5, 5.41) is 3.54. The van der Waals surface area contributed by atoms with Gasteiger partial charge in [-0.25, -0.2) is 0 Å². The minimum Gasteiger partial charge on any atom is -0.308 e. The number of benzene rings is 1. The molecule has 0 aromatic heterocycles. The van der Waals surface area contributed by atoms with Gasteiger partial charge in [-0.3, -0.25) is 4.90 Å². The molecule has 21 heavy (non-hydrogen) atoms. The highest BCUT2D eigenvalue weighted by Gasteiger charge is 2.22. The number of nitrogens with zero attached hydrogens (tertiary/aromatic N) is 1. The molecule has 2 rings (SSSR count). The van der Waals surface area contributed by atoms with Crippen LogP contribution in [0.4, 0.5) is 0 Å². The lowest BCUT2D eigenvalue weighted by Crippen LogP contribution is -2.39. The van der Waals surface area contributed by atoms with E-state index in [1.54, 1.807) is 0 Å². The van der Waals surface area contributed by atoms with Crippen molar-refractivity contribution in [2.45, 2.75) is 72.1 Å². The van der Waals surface area contributed by atoms with E-state index < -0.39 is 0 Å². The van der Waals surface area contributed by atoms with E-state index in [0.29, 0.717) is 0 Å². The largest absolute Gasteiger partial charge is 0.308 e. The Labute approximate surface area is 130 Å². The Morgan fingerprint density at radius 1 is 1.10 bits per heavy atom. The summed E-state index contributed by atoms with van der Waals surface area (Å²) in [5.41, 5.74) is 2.99. The zero-order valence-corrected chi connectivity index (χ0v) is 14.4. The Balaban J connectivity index is 1.87. The van der Waals surface area contributed by atoms with Gasteiger partial charge < -0.3 is 5.32 Å². The minimum absolute atomic E-state index is 0.179. The fourth-order valence-corrected chi connectivity index (χ4v) is 3.05. The highest BCUT2D eigenvalue weighted by molar-refractivity contribution is 5.22. The van der Waals surface area contributed by atoms with E-state index in [2.05, 4.69) is 69.1 Å². The van der Waals surface area contributed by atoms with Gasteiger partial charge in [-0.2, -0.15) is 0 Å². The smallest absolute Gasteiger partial charge is 0.0236 e. The predicted octanol–water partition coefficient (Wildman–Crippen LogP) is 4.20. The summed E-state index contributed by atoms with van der Waals surface area (Å²) in [5.74, 6) is 0.891. The molecule has 1 fully saturated rings. The molecule has 2 nitrogen and oxygen atoms in total. The summed E-state index contributed by atoms with van der Waals surface area (Å²) < 4.78 is 0. The monoisotopic (exact) mass is 288 g/mol. The maximum atomic E-state index is 3.54. The highest BCUT2D eigenvalue weighted by Crippen LogP contribution is 2.23. The molecule has 1 aromatic rings. The first-order valence-corrected chi connectivity index (χ1v) is 8.40. The second-order valence-corrected chi connectivity index (χ2v) is 7.87. The van der Waals surface area contributed by atoms with Crippen LogP contribution in [-0.2, 0) is 13.1 Å². The van der Waals surface area contributed by atoms with E-state index >= 15 is 0 Å². The van der Waals surface area contributed by atoms with E-state index in [0.717, 1.165) is 25.0 Å². The quantitative estimate of drug-likeness (QED) is 0.893. The third kappa shape index (κ3) is 5.44. The fourth-order valence-electron chi connectivity index (χ4n) is 3.05. The van der Waals surface area contributed by atoms with Crippen molar-refractivity contribution in [2.75, 3.05) is 6.54 Å². The SMILES string of the molecule is CC1CCN(Cc2ccc(CNC(C)(C)C)cc2)C(C)C1. The van der Waals surface area contributed by atoms with E-state index in [-0.39, 0.29) is 5.54 Å². The van der Waals surface area contributed by atoms with E-state index in [1.165, 1.54) is 30.5 Å². The first-order chi connectivity index (χ1) is 9.83. The van der Waals surface area contributed by atoms with Crippen LogP contribution in [0.1, 0.15) is 58.6 Å². The molecule has 1 heterocycles. The lowest BCUT2D eigenvalue weighted by Gasteiger charge is -2.36. The van der Waals surface area contributed by atoms with Gasteiger partial charge >= 0.3 is 0 Å². The lowest BCUT2D eigenvalue weighted by atomic mass is 9.93. The van der Waals surface area contributed by atoms with Gasteiger partial charge in [0.25, 0.3) is 0 Å². The third-order valence-electron chi connectivity index (χ3n) is 4.51. The molecular formula is C19H32N2. The minimum atomic E-state index is 0.179. The van der Waals surface area contributed by atoms with Crippen molar-refractivity contribution in [2.24, 2.45) is 5.92 Å². The normalized spacial score (nSPS) is 24.2. The van der Waals surface area contributed by atoms with Crippen LogP contribution >= 0.6 is 0 Å². The van der Waals surface area contributed by atoms with Gasteiger partial charge in [0.15, 0.2) is 0 Å². The molecule has 2 atom stereocenters. The molecular weight excluding hydrogens is 256 g/mol. The first-order valence-electron chi connectivity index (χ1n) is 8.40. The second kappa shape index (κ2) is 6.93. The van der Waals surface area contributed by atoms with Crippen LogP contribution < -0.4 is 5.32 Å². The van der Waals surface area contributed by atoms with Gasteiger partial charge in [0.05, 0.1) is 0 Å². The van der Waals surface area contributed by atoms with E-state index in [9.17, 15) is 0 Å². The van der Waals surface area contributed by atoms with Gasteiger partial charge in [0.1, 0.15) is 0 Å². The van der Waals surface area contributed by atoms with Gasteiger partial charge in [0, 0.05) is 24.7 Å². The third-order valence-corrected chi connectivity index (χ3v) is 4.51. The number of likely N-dealkylation sites (tertiary alicyclic amines) is 1. The summed E-state index contributed by atoms with van der Waals surface area (Å²) in [6.07, 6.45) is 2.69. The Bertz CT molecular complexity index is 430. The molecule has 0 spiro atoms. The number of piperidine rings is 1. The molecule has 1 aliphatic heterocycles.